The van der Waals surface area contributed by atoms with Crippen molar-refractivity contribution in [2.45, 2.75) is 25.8 Å². The third-order valence-electron chi connectivity index (χ3n) is 4.73. The minimum atomic E-state index is -0.0463. The molecular formula is C18H26ClN3O3. The molecule has 0 amide bonds. The number of nitrogens with zero attached hydrogens (tertiary/aromatic N) is 2. The number of aromatic nitrogens is 2. The predicted octanol–water partition coefficient (Wildman–Crippen LogP) is 2.67. The van der Waals surface area contributed by atoms with Crippen molar-refractivity contribution in [3.63, 3.8) is 0 Å². The van der Waals surface area contributed by atoms with E-state index in [9.17, 15) is 4.79 Å². The molecule has 6 nitrogen and oxygen atoms in total. The Morgan fingerprint density at radius 1 is 1.20 bits per heavy atom. The van der Waals surface area contributed by atoms with E-state index in [0.717, 1.165) is 56.7 Å². The topological polar surface area (TPSA) is 59.5 Å². The number of hydrogen-bond acceptors (Lipinski definition) is 4. The highest BCUT2D eigenvalue weighted by atomic mass is 35.5. The fourth-order valence-electron chi connectivity index (χ4n) is 3.42. The summed E-state index contributed by atoms with van der Waals surface area (Å²) in [6, 6.07) is 5.80. The number of halogens is 1. The number of imidazole rings is 1. The van der Waals surface area contributed by atoms with Gasteiger partial charge >= 0.3 is 5.69 Å². The molecule has 138 valence electrons. The van der Waals surface area contributed by atoms with Crippen LogP contribution in [0.2, 0.25) is 5.02 Å². The monoisotopic (exact) mass is 367 g/mol. The molecule has 2 heterocycles. The summed E-state index contributed by atoms with van der Waals surface area (Å²) in [5.41, 5.74) is 1.70. The summed E-state index contributed by atoms with van der Waals surface area (Å²) in [7, 11) is 0. The fraction of sp³-hybridized carbons (Fsp3) is 0.611. The number of hydrogen-bond donors (Lipinski definition) is 1. The zero-order valence-electron chi connectivity index (χ0n) is 14.7. The molecule has 1 aromatic heterocycles. The molecule has 0 radical (unpaired) electrons. The van der Waals surface area contributed by atoms with E-state index in [2.05, 4.69) is 9.88 Å². The van der Waals surface area contributed by atoms with E-state index >= 15 is 0 Å². The lowest BCUT2D eigenvalue weighted by atomic mass is 10.0. The van der Waals surface area contributed by atoms with Crippen LogP contribution in [-0.2, 0) is 9.47 Å². The molecule has 1 aliphatic heterocycles. The van der Waals surface area contributed by atoms with Crippen LogP contribution in [0.3, 0.4) is 0 Å². The van der Waals surface area contributed by atoms with E-state index < -0.39 is 0 Å². The van der Waals surface area contributed by atoms with Gasteiger partial charge in [-0.2, -0.15) is 0 Å². The van der Waals surface area contributed by atoms with Gasteiger partial charge in [-0.3, -0.25) is 4.57 Å². The van der Waals surface area contributed by atoms with Crippen molar-refractivity contribution in [3.8, 4) is 0 Å². The second-order valence-electron chi connectivity index (χ2n) is 6.34. The van der Waals surface area contributed by atoms with Crippen LogP contribution in [-0.4, -0.2) is 60.5 Å². The first-order valence-electron chi connectivity index (χ1n) is 8.96. The Kier molecular flexibility index (Phi) is 6.53. The summed E-state index contributed by atoms with van der Waals surface area (Å²) in [4.78, 5) is 17.7. The average Bonchev–Trinajstić information content (AvgIpc) is 2.93. The van der Waals surface area contributed by atoms with E-state index in [1.807, 2.05) is 29.7 Å². The van der Waals surface area contributed by atoms with Crippen molar-refractivity contribution in [1.82, 2.24) is 14.5 Å². The van der Waals surface area contributed by atoms with Crippen LogP contribution in [0, 0.1) is 0 Å². The highest BCUT2D eigenvalue weighted by molar-refractivity contribution is 6.31. The van der Waals surface area contributed by atoms with E-state index in [-0.39, 0.29) is 11.7 Å². The fourth-order valence-corrected chi connectivity index (χ4v) is 3.60. The number of rotatable bonds is 8. The smallest absolute Gasteiger partial charge is 0.326 e. The number of fused-ring (bicyclic) bond motifs is 1. The molecule has 0 unspecified atom stereocenters. The van der Waals surface area contributed by atoms with Crippen LogP contribution in [0.1, 0.15) is 25.8 Å². The van der Waals surface area contributed by atoms with E-state index in [4.69, 9.17) is 21.1 Å². The predicted molar refractivity (Wildman–Crippen MR) is 99.6 cm³/mol. The molecule has 25 heavy (non-hydrogen) atoms. The lowest BCUT2D eigenvalue weighted by Gasteiger charge is -2.32. The van der Waals surface area contributed by atoms with E-state index in [0.29, 0.717) is 18.2 Å². The molecular weight excluding hydrogens is 342 g/mol. The summed E-state index contributed by atoms with van der Waals surface area (Å²) in [5.74, 6) is 0. The second-order valence-corrected chi connectivity index (χ2v) is 6.78. The van der Waals surface area contributed by atoms with Crippen molar-refractivity contribution >= 4 is 22.6 Å². The Balaban J connectivity index is 1.51. The quantitative estimate of drug-likeness (QED) is 0.729. The molecule has 0 atom stereocenters. The second kappa shape index (κ2) is 8.85. The Hall–Kier alpha value is -1.34. The number of ether oxygens (including phenoxy) is 2. The molecule has 1 saturated heterocycles. The average molecular weight is 368 g/mol. The van der Waals surface area contributed by atoms with Gasteiger partial charge in [0.05, 0.1) is 30.9 Å². The number of nitrogens with one attached hydrogen (secondary N) is 1. The lowest BCUT2D eigenvalue weighted by Crippen LogP contribution is -2.38. The minimum absolute atomic E-state index is 0.0463. The number of piperidine rings is 1. The van der Waals surface area contributed by atoms with Crippen molar-refractivity contribution in [2.24, 2.45) is 0 Å². The third kappa shape index (κ3) is 4.64. The summed E-state index contributed by atoms with van der Waals surface area (Å²) >= 11 is 6.02. The number of H-pyrrole nitrogens is 1. The number of aromatic amines is 1. The van der Waals surface area contributed by atoms with Gasteiger partial charge in [-0.1, -0.05) is 11.6 Å². The van der Waals surface area contributed by atoms with Crippen LogP contribution in [0.25, 0.3) is 11.0 Å². The number of benzene rings is 1. The molecule has 3 rings (SSSR count). The first-order chi connectivity index (χ1) is 12.2. The first-order valence-corrected chi connectivity index (χ1v) is 9.34. The molecule has 1 N–H and O–H groups in total. The Morgan fingerprint density at radius 2 is 1.96 bits per heavy atom. The maximum atomic E-state index is 12.3. The molecule has 2 aromatic rings. The van der Waals surface area contributed by atoms with Gasteiger partial charge in [0.25, 0.3) is 0 Å². The summed E-state index contributed by atoms with van der Waals surface area (Å²) in [5, 5.41) is 0.639. The molecule has 0 aliphatic carbocycles. The number of likely N-dealkylation sites (tertiary alicyclic amines) is 1. The van der Waals surface area contributed by atoms with E-state index in [1.165, 1.54) is 0 Å². The van der Waals surface area contributed by atoms with Crippen molar-refractivity contribution in [1.29, 1.82) is 0 Å². The van der Waals surface area contributed by atoms with Gasteiger partial charge in [-0.25, -0.2) is 4.79 Å². The van der Waals surface area contributed by atoms with E-state index in [1.54, 1.807) is 0 Å². The van der Waals surface area contributed by atoms with Gasteiger partial charge in [0.2, 0.25) is 0 Å². The van der Waals surface area contributed by atoms with Crippen LogP contribution in [0.15, 0.2) is 23.0 Å². The SMILES string of the molecule is CCOCCOCCN1CCC(n2c(=O)[nH]c3cc(Cl)ccc32)CC1. The van der Waals surface area contributed by atoms with Gasteiger partial charge in [-0.05, 0) is 38.0 Å². The maximum Gasteiger partial charge on any atom is 0.326 e. The molecule has 7 heteroatoms. The summed E-state index contributed by atoms with van der Waals surface area (Å²) < 4.78 is 12.7. The van der Waals surface area contributed by atoms with Gasteiger partial charge in [0, 0.05) is 37.3 Å². The molecule has 0 bridgehead atoms. The normalized spacial score (nSPS) is 16.7. The lowest BCUT2D eigenvalue weighted by molar-refractivity contribution is 0.0387. The Morgan fingerprint density at radius 3 is 2.72 bits per heavy atom. The van der Waals surface area contributed by atoms with Crippen LogP contribution in [0.4, 0.5) is 0 Å². The minimum Gasteiger partial charge on any atom is -0.379 e. The van der Waals surface area contributed by atoms with Crippen LogP contribution < -0.4 is 5.69 Å². The Labute approximate surface area is 152 Å². The highest BCUT2D eigenvalue weighted by Gasteiger charge is 2.23. The van der Waals surface area contributed by atoms with Gasteiger partial charge in [0.1, 0.15) is 0 Å². The zero-order chi connectivity index (χ0) is 17.6. The van der Waals surface area contributed by atoms with Crippen molar-refractivity contribution in [2.75, 3.05) is 46.1 Å². The van der Waals surface area contributed by atoms with Crippen LogP contribution >= 0.6 is 11.6 Å². The summed E-state index contributed by atoms with van der Waals surface area (Å²) in [6.45, 7) is 7.64. The van der Waals surface area contributed by atoms with Crippen LogP contribution in [0.5, 0.6) is 0 Å². The molecule has 1 fully saturated rings. The zero-order valence-corrected chi connectivity index (χ0v) is 15.4. The van der Waals surface area contributed by atoms with Crippen molar-refractivity contribution in [3.05, 3.63) is 33.7 Å². The van der Waals surface area contributed by atoms with Gasteiger partial charge in [-0.15, -0.1) is 0 Å². The van der Waals surface area contributed by atoms with Crippen molar-refractivity contribution < 1.29 is 9.47 Å². The largest absolute Gasteiger partial charge is 0.379 e. The molecule has 1 aromatic carbocycles. The molecule has 1 aliphatic rings. The summed E-state index contributed by atoms with van der Waals surface area (Å²) in [6.07, 6.45) is 1.93. The molecule has 0 spiro atoms. The van der Waals surface area contributed by atoms with Gasteiger partial charge in [0.15, 0.2) is 0 Å². The maximum absolute atomic E-state index is 12.3. The highest BCUT2D eigenvalue weighted by Crippen LogP contribution is 2.25. The standard InChI is InChI=1S/C18H26ClN3O3/c1-2-24-11-12-25-10-9-21-7-5-15(6-8-21)22-17-4-3-14(19)13-16(17)20-18(22)23/h3-4,13,15H,2,5-12H2,1H3,(H,20,23). The Bertz CT molecular complexity index is 735. The molecule has 0 saturated carbocycles. The third-order valence-corrected chi connectivity index (χ3v) is 4.96. The van der Waals surface area contributed by atoms with Gasteiger partial charge < -0.3 is 19.4 Å². The first kappa shape index (κ1) is 18.5.